The second kappa shape index (κ2) is 11.3. The molecule has 0 saturated heterocycles. The summed E-state index contributed by atoms with van der Waals surface area (Å²) in [5, 5.41) is 3.63. The summed E-state index contributed by atoms with van der Waals surface area (Å²) in [5.74, 6) is 1.29. The Balaban J connectivity index is 1.75. The van der Waals surface area contributed by atoms with Crippen LogP contribution < -0.4 is 15.8 Å². The molecule has 8 nitrogen and oxygen atoms in total. The number of aliphatic imine (C=N–C) groups is 1. The predicted octanol–water partition coefficient (Wildman–Crippen LogP) is 2.98. The Morgan fingerprint density at radius 1 is 1.42 bits per heavy atom. The van der Waals surface area contributed by atoms with Gasteiger partial charge < -0.3 is 25.7 Å². The first-order valence-electron chi connectivity index (χ1n) is 10.7. The third-order valence-corrected chi connectivity index (χ3v) is 5.49. The lowest BCUT2D eigenvalue weighted by atomic mass is 9.95. The lowest BCUT2D eigenvalue weighted by Crippen LogP contribution is -2.38. The number of aromatic amines is 1. The van der Waals surface area contributed by atoms with Crippen LogP contribution in [0.25, 0.3) is 0 Å². The van der Waals surface area contributed by atoms with Crippen molar-refractivity contribution in [1.29, 1.82) is 0 Å². The molecule has 8 heteroatoms. The van der Waals surface area contributed by atoms with Crippen LogP contribution in [0.2, 0.25) is 0 Å². The lowest BCUT2D eigenvalue weighted by Gasteiger charge is -2.24. The molecule has 1 amide bonds. The average Bonchev–Trinajstić information content (AvgIpc) is 3.30. The van der Waals surface area contributed by atoms with Crippen molar-refractivity contribution in [1.82, 2.24) is 20.2 Å². The third kappa shape index (κ3) is 6.42. The number of H-pyrrole nitrogens is 1. The van der Waals surface area contributed by atoms with Crippen LogP contribution in [0.15, 0.2) is 48.4 Å². The summed E-state index contributed by atoms with van der Waals surface area (Å²) < 4.78 is 5.56. The number of nitrogens with two attached hydrogens (primary N) is 1. The summed E-state index contributed by atoms with van der Waals surface area (Å²) in [4.78, 5) is 26.2. The van der Waals surface area contributed by atoms with Crippen molar-refractivity contribution in [2.45, 2.75) is 51.2 Å². The maximum Gasteiger partial charge on any atom is 0.258 e. The number of nitrogens with zero attached hydrogens (tertiary/aromatic N) is 3. The van der Waals surface area contributed by atoms with Gasteiger partial charge in [0, 0.05) is 31.2 Å². The van der Waals surface area contributed by atoms with Gasteiger partial charge in [-0.05, 0) is 30.5 Å². The quantitative estimate of drug-likeness (QED) is 0.401. The number of carbonyl (C=O) groups excluding carboxylic acids is 1. The molecule has 0 atom stereocenters. The van der Waals surface area contributed by atoms with Gasteiger partial charge in [-0.25, -0.2) is 9.98 Å². The SMILES string of the molecule is C=CN=C(N)CN(Cc1ncc[nH]1)C(=O)c1ccc(CNC2CCCCC2)cc1OC. The third-order valence-electron chi connectivity index (χ3n) is 5.49. The molecule has 31 heavy (non-hydrogen) atoms. The van der Waals surface area contributed by atoms with Crippen molar-refractivity contribution in [2.75, 3.05) is 13.7 Å². The number of aromatic nitrogens is 2. The largest absolute Gasteiger partial charge is 0.496 e. The number of methoxy groups -OCH3 is 1. The van der Waals surface area contributed by atoms with Gasteiger partial charge in [-0.2, -0.15) is 0 Å². The van der Waals surface area contributed by atoms with Crippen LogP contribution in [0.1, 0.15) is 53.8 Å². The standard InChI is InChI=1S/C23H32N6O2/c1-3-25-21(24)15-29(16-22-26-11-12-27-22)23(30)19-10-9-17(13-20(19)31-2)14-28-18-7-5-4-6-8-18/h3,9-13,18,28H,1,4-8,14-16H2,2H3,(H2,24,25)(H,26,27). The highest BCUT2D eigenvalue weighted by atomic mass is 16.5. The van der Waals surface area contributed by atoms with E-state index < -0.39 is 0 Å². The van der Waals surface area contributed by atoms with Crippen LogP contribution in [0.5, 0.6) is 5.75 Å². The molecule has 1 aliphatic carbocycles. The van der Waals surface area contributed by atoms with Crippen molar-refractivity contribution in [3.8, 4) is 5.75 Å². The molecule has 1 saturated carbocycles. The van der Waals surface area contributed by atoms with E-state index >= 15 is 0 Å². The molecular weight excluding hydrogens is 392 g/mol. The van der Waals surface area contributed by atoms with Crippen molar-refractivity contribution >= 4 is 11.7 Å². The number of ether oxygens (including phenoxy) is 1. The molecule has 1 heterocycles. The number of hydrogen-bond acceptors (Lipinski definition) is 5. The monoisotopic (exact) mass is 424 g/mol. The van der Waals surface area contributed by atoms with E-state index in [1.54, 1.807) is 24.4 Å². The van der Waals surface area contributed by atoms with Crippen molar-refractivity contribution in [3.63, 3.8) is 0 Å². The number of hydrogen-bond donors (Lipinski definition) is 3. The Labute approximate surface area is 183 Å². The summed E-state index contributed by atoms with van der Waals surface area (Å²) in [6, 6.07) is 6.28. The lowest BCUT2D eigenvalue weighted by molar-refractivity contribution is 0.0761. The minimum Gasteiger partial charge on any atom is -0.496 e. The van der Waals surface area contributed by atoms with Crippen LogP contribution in [-0.4, -0.2) is 46.3 Å². The van der Waals surface area contributed by atoms with E-state index in [4.69, 9.17) is 10.5 Å². The van der Waals surface area contributed by atoms with E-state index in [1.807, 2.05) is 18.2 Å². The fourth-order valence-electron chi connectivity index (χ4n) is 3.88. The van der Waals surface area contributed by atoms with Crippen LogP contribution >= 0.6 is 0 Å². The molecular formula is C23H32N6O2. The minimum atomic E-state index is -0.206. The maximum atomic E-state index is 13.4. The molecule has 0 aliphatic heterocycles. The first-order chi connectivity index (χ1) is 15.1. The zero-order valence-corrected chi connectivity index (χ0v) is 18.1. The van der Waals surface area contributed by atoms with Crippen molar-refractivity contribution in [3.05, 3.63) is 60.3 Å². The fourth-order valence-corrected chi connectivity index (χ4v) is 3.88. The number of amides is 1. The van der Waals surface area contributed by atoms with Gasteiger partial charge in [-0.1, -0.05) is 31.9 Å². The molecule has 1 aromatic carbocycles. The van der Waals surface area contributed by atoms with E-state index in [1.165, 1.54) is 38.3 Å². The predicted molar refractivity (Wildman–Crippen MR) is 122 cm³/mol. The molecule has 1 aromatic heterocycles. The summed E-state index contributed by atoms with van der Waals surface area (Å²) in [6.07, 6.45) is 11.1. The molecule has 3 rings (SSSR count). The minimum absolute atomic E-state index is 0.152. The Morgan fingerprint density at radius 2 is 2.23 bits per heavy atom. The van der Waals surface area contributed by atoms with Gasteiger partial charge >= 0.3 is 0 Å². The molecule has 0 bridgehead atoms. The van der Waals surface area contributed by atoms with Crippen LogP contribution in [0, 0.1) is 0 Å². The number of imidazole rings is 1. The average molecular weight is 425 g/mol. The van der Waals surface area contributed by atoms with Gasteiger partial charge in [0.1, 0.15) is 17.4 Å². The summed E-state index contributed by atoms with van der Waals surface area (Å²) >= 11 is 0. The van der Waals surface area contributed by atoms with Gasteiger partial charge in [0.2, 0.25) is 0 Å². The number of nitrogens with one attached hydrogen (secondary N) is 2. The second-order valence-corrected chi connectivity index (χ2v) is 7.75. The Morgan fingerprint density at radius 3 is 2.90 bits per heavy atom. The summed E-state index contributed by atoms with van der Waals surface area (Å²) in [6.45, 7) is 4.74. The molecule has 1 fully saturated rings. The first-order valence-corrected chi connectivity index (χ1v) is 10.7. The number of benzene rings is 1. The molecule has 4 N–H and O–H groups in total. The van der Waals surface area contributed by atoms with Gasteiger partial charge in [-0.3, -0.25) is 4.79 Å². The smallest absolute Gasteiger partial charge is 0.258 e. The van der Waals surface area contributed by atoms with E-state index in [2.05, 4.69) is 26.9 Å². The van der Waals surface area contributed by atoms with Crippen LogP contribution in [-0.2, 0) is 13.1 Å². The Bertz CT molecular complexity index is 887. The van der Waals surface area contributed by atoms with Crippen LogP contribution in [0.3, 0.4) is 0 Å². The number of amidine groups is 1. The Hall–Kier alpha value is -3.13. The molecule has 0 unspecified atom stereocenters. The van der Waals surface area contributed by atoms with E-state index in [9.17, 15) is 4.79 Å². The fraction of sp³-hybridized carbons (Fsp3) is 0.435. The molecule has 0 radical (unpaired) electrons. The Kier molecular flexibility index (Phi) is 8.23. The number of rotatable bonds is 10. The second-order valence-electron chi connectivity index (χ2n) is 7.75. The highest BCUT2D eigenvalue weighted by Gasteiger charge is 2.22. The first kappa shape index (κ1) is 22.6. The zero-order valence-electron chi connectivity index (χ0n) is 18.1. The maximum absolute atomic E-state index is 13.4. The van der Waals surface area contributed by atoms with E-state index in [0.717, 1.165) is 12.1 Å². The van der Waals surface area contributed by atoms with Crippen molar-refractivity contribution < 1.29 is 9.53 Å². The molecule has 1 aliphatic rings. The van der Waals surface area contributed by atoms with Gasteiger partial charge in [0.05, 0.1) is 25.8 Å². The van der Waals surface area contributed by atoms with E-state index in [-0.39, 0.29) is 19.0 Å². The van der Waals surface area contributed by atoms with Gasteiger partial charge in [0.15, 0.2) is 0 Å². The number of carbonyl (C=O) groups is 1. The molecule has 2 aromatic rings. The molecule has 166 valence electrons. The zero-order chi connectivity index (χ0) is 22.1. The van der Waals surface area contributed by atoms with Gasteiger partial charge in [-0.15, -0.1) is 0 Å². The summed E-state index contributed by atoms with van der Waals surface area (Å²) in [7, 11) is 1.58. The van der Waals surface area contributed by atoms with Gasteiger partial charge in [0.25, 0.3) is 5.91 Å². The topological polar surface area (TPSA) is 109 Å². The highest BCUT2D eigenvalue weighted by molar-refractivity contribution is 5.99. The summed E-state index contributed by atoms with van der Waals surface area (Å²) in [5.41, 5.74) is 7.51. The highest BCUT2D eigenvalue weighted by Crippen LogP contribution is 2.24. The molecule has 0 spiro atoms. The van der Waals surface area contributed by atoms with Crippen molar-refractivity contribution in [2.24, 2.45) is 10.7 Å². The van der Waals surface area contributed by atoms with E-state index in [0.29, 0.717) is 29.0 Å². The normalized spacial score (nSPS) is 14.9. The van der Waals surface area contributed by atoms with Crippen LogP contribution in [0.4, 0.5) is 0 Å².